The summed E-state index contributed by atoms with van der Waals surface area (Å²) in [7, 11) is 0. The summed E-state index contributed by atoms with van der Waals surface area (Å²) in [5.74, 6) is -0.954. The third-order valence-corrected chi connectivity index (χ3v) is 3.67. The summed E-state index contributed by atoms with van der Waals surface area (Å²) in [6.07, 6.45) is 8.92. The summed E-state index contributed by atoms with van der Waals surface area (Å²) >= 11 is 0. The van der Waals surface area contributed by atoms with Crippen LogP contribution in [-0.4, -0.2) is 16.7 Å². The Morgan fingerprint density at radius 3 is 2.50 bits per heavy atom. The van der Waals surface area contributed by atoms with Gasteiger partial charge in [-0.3, -0.25) is 9.59 Å². The topological polar surface area (TPSA) is 67.5 Å². The van der Waals surface area contributed by atoms with Crippen LogP contribution in [0.15, 0.2) is 22.1 Å². The first kappa shape index (κ1) is 18.2. The van der Waals surface area contributed by atoms with Gasteiger partial charge in [0.15, 0.2) is 17.3 Å². The van der Waals surface area contributed by atoms with Crippen LogP contribution in [0.3, 0.4) is 0 Å². The van der Waals surface area contributed by atoms with E-state index in [9.17, 15) is 14.7 Å². The third-order valence-electron chi connectivity index (χ3n) is 3.67. The van der Waals surface area contributed by atoms with Crippen molar-refractivity contribution in [3.05, 3.63) is 29.0 Å². The number of hydrogen-bond acceptors (Lipinski definition) is 4. The van der Waals surface area contributed by atoms with Crippen LogP contribution < -0.4 is 0 Å². The molecule has 0 spiro atoms. The first-order valence-corrected chi connectivity index (χ1v) is 8.08. The molecule has 0 fully saturated rings. The monoisotopic (exact) mass is 306 g/mol. The zero-order chi connectivity index (χ0) is 16.5. The number of aromatic hydroxyl groups is 1. The molecule has 0 radical (unpaired) electrons. The molecule has 4 heteroatoms. The normalized spacial score (nSPS) is 11.7. The summed E-state index contributed by atoms with van der Waals surface area (Å²) in [5.41, 5.74) is 0.638. The summed E-state index contributed by atoms with van der Waals surface area (Å²) in [5, 5.41) is 9.70. The second kappa shape index (κ2) is 9.23. The maximum atomic E-state index is 12.3. The standard InChI is InChI=1S/C18H26O4/c1-4-6-7-8-9-10-11-13(3)17(20)14-12-16(15(19)5-2)22-18(14)21/h11-12,21H,4-10H2,1-3H3/b13-11+. The highest BCUT2D eigenvalue weighted by atomic mass is 16.5. The lowest BCUT2D eigenvalue weighted by Gasteiger charge is -2.00. The van der Waals surface area contributed by atoms with E-state index in [1.54, 1.807) is 13.8 Å². The van der Waals surface area contributed by atoms with E-state index in [0.29, 0.717) is 5.57 Å². The van der Waals surface area contributed by atoms with Gasteiger partial charge in [0.25, 0.3) is 5.95 Å². The first-order chi connectivity index (χ1) is 10.5. The predicted molar refractivity (Wildman–Crippen MR) is 86.5 cm³/mol. The number of unbranched alkanes of at least 4 members (excludes halogenated alkanes) is 5. The number of furan rings is 1. The van der Waals surface area contributed by atoms with Crippen LogP contribution in [0.2, 0.25) is 0 Å². The lowest BCUT2D eigenvalue weighted by atomic mass is 10.0. The Labute approximate surface area is 132 Å². The molecule has 0 aliphatic rings. The molecule has 0 saturated heterocycles. The number of rotatable bonds is 10. The smallest absolute Gasteiger partial charge is 0.294 e. The van der Waals surface area contributed by atoms with E-state index in [2.05, 4.69) is 6.92 Å². The Hall–Kier alpha value is -1.84. The number of carbonyl (C=O) groups is 2. The van der Waals surface area contributed by atoms with Crippen LogP contribution in [0.4, 0.5) is 0 Å². The van der Waals surface area contributed by atoms with Gasteiger partial charge in [0.1, 0.15) is 5.56 Å². The third kappa shape index (κ3) is 5.17. The van der Waals surface area contributed by atoms with E-state index in [4.69, 9.17) is 4.42 Å². The second-order valence-corrected chi connectivity index (χ2v) is 5.53. The van der Waals surface area contributed by atoms with Crippen molar-refractivity contribution in [2.24, 2.45) is 0 Å². The van der Waals surface area contributed by atoms with Gasteiger partial charge in [-0.1, -0.05) is 45.6 Å². The summed E-state index contributed by atoms with van der Waals surface area (Å²) in [6.45, 7) is 5.60. The summed E-state index contributed by atoms with van der Waals surface area (Å²) in [6, 6.07) is 1.34. The Balaban J connectivity index is 2.62. The molecule has 1 N–H and O–H groups in total. The Morgan fingerprint density at radius 1 is 1.18 bits per heavy atom. The van der Waals surface area contributed by atoms with Gasteiger partial charge in [-0.15, -0.1) is 0 Å². The van der Waals surface area contributed by atoms with Crippen LogP contribution in [0.25, 0.3) is 0 Å². The van der Waals surface area contributed by atoms with Crippen molar-refractivity contribution in [3.63, 3.8) is 0 Å². The van der Waals surface area contributed by atoms with Crippen LogP contribution in [0.5, 0.6) is 5.95 Å². The largest absolute Gasteiger partial charge is 0.480 e. The van der Waals surface area contributed by atoms with Gasteiger partial charge in [0.2, 0.25) is 0 Å². The molecule has 0 saturated carbocycles. The molecule has 1 aromatic heterocycles. The number of carbonyl (C=O) groups excluding carboxylic acids is 2. The van der Waals surface area contributed by atoms with E-state index < -0.39 is 5.95 Å². The van der Waals surface area contributed by atoms with Gasteiger partial charge in [0, 0.05) is 12.5 Å². The number of allylic oxidation sites excluding steroid dienone is 2. The molecule has 1 aromatic rings. The SMILES string of the molecule is CCCCCCC/C=C(\C)C(=O)c1cc(C(=O)CC)oc1O. The summed E-state index contributed by atoms with van der Waals surface area (Å²) in [4.78, 5) is 23.8. The van der Waals surface area contributed by atoms with Crippen molar-refractivity contribution in [3.8, 4) is 5.95 Å². The van der Waals surface area contributed by atoms with Crippen molar-refractivity contribution >= 4 is 11.6 Å². The molecule has 0 atom stereocenters. The van der Waals surface area contributed by atoms with Crippen molar-refractivity contribution in [2.45, 2.75) is 65.7 Å². The molecular formula is C18H26O4. The van der Waals surface area contributed by atoms with Crippen molar-refractivity contribution in [2.75, 3.05) is 0 Å². The molecule has 1 rings (SSSR count). The van der Waals surface area contributed by atoms with E-state index in [1.165, 1.54) is 25.3 Å². The van der Waals surface area contributed by atoms with Gasteiger partial charge in [0.05, 0.1) is 0 Å². The van der Waals surface area contributed by atoms with Crippen molar-refractivity contribution in [1.29, 1.82) is 0 Å². The maximum absolute atomic E-state index is 12.3. The zero-order valence-corrected chi connectivity index (χ0v) is 13.8. The molecule has 0 aliphatic heterocycles. The molecule has 4 nitrogen and oxygen atoms in total. The minimum absolute atomic E-state index is 0.0377. The van der Waals surface area contributed by atoms with Gasteiger partial charge >= 0.3 is 0 Å². The molecule has 0 unspecified atom stereocenters. The van der Waals surface area contributed by atoms with Crippen LogP contribution in [0.1, 0.15) is 86.6 Å². The quantitative estimate of drug-likeness (QED) is 0.372. The van der Waals surface area contributed by atoms with E-state index in [0.717, 1.165) is 19.3 Å². The fraction of sp³-hybridized carbons (Fsp3) is 0.556. The van der Waals surface area contributed by atoms with Crippen molar-refractivity contribution in [1.82, 2.24) is 0 Å². The van der Waals surface area contributed by atoms with Crippen LogP contribution in [-0.2, 0) is 0 Å². The minimum Gasteiger partial charge on any atom is -0.480 e. The second-order valence-electron chi connectivity index (χ2n) is 5.53. The average molecular weight is 306 g/mol. The lowest BCUT2D eigenvalue weighted by Crippen LogP contribution is -2.00. The number of hydrogen-bond donors (Lipinski definition) is 1. The molecule has 22 heavy (non-hydrogen) atoms. The molecule has 0 aromatic carbocycles. The number of Topliss-reactive ketones (excluding diaryl/α,β-unsaturated/α-hetero) is 2. The van der Waals surface area contributed by atoms with Gasteiger partial charge < -0.3 is 9.52 Å². The average Bonchev–Trinajstić information content (AvgIpc) is 2.90. The predicted octanol–water partition coefficient (Wildman–Crippen LogP) is 5.07. The molecule has 0 aliphatic carbocycles. The fourth-order valence-electron chi connectivity index (χ4n) is 2.23. The van der Waals surface area contributed by atoms with Crippen LogP contribution >= 0.6 is 0 Å². The van der Waals surface area contributed by atoms with Crippen molar-refractivity contribution < 1.29 is 19.1 Å². The van der Waals surface area contributed by atoms with E-state index in [1.807, 2.05) is 6.08 Å². The zero-order valence-electron chi connectivity index (χ0n) is 13.8. The molecule has 1 heterocycles. The Kier molecular flexibility index (Phi) is 7.64. The number of ketones is 2. The Bertz CT molecular complexity index is 537. The van der Waals surface area contributed by atoms with E-state index in [-0.39, 0.29) is 29.3 Å². The minimum atomic E-state index is -0.475. The highest BCUT2D eigenvalue weighted by molar-refractivity contribution is 6.10. The highest BCUT2D eigenvalue weighted by Crippen LogP contribution is 2.25. The highest BCUT2D eigenvalue weighted by Gasteiger charge is 2.21. The van der Waals surface area contributed by atoms with Crippen LogP contribution in [0, 0.1) is 0 Å². The summed E-state index contributed by atoms with van der Waals surface area (Å²) < 4.78 is 4.97. The molecule has 0 amide bonds. The Morgan fingerprint density at radius 2 is 1.86 bits per heavy atom. The first-order valence-electron chi connectivity index (χ1n) is 8.08. The maximum Gasteiger partial charge on any atom is 0.294 e. The molecule has 0 bridgehead atoms. The molecular weight excluding hydrogens is 280 g/mol. The van der Waals surface area contributed by atoms with Gasteiger partial charge in [-0.25, -0.2) is 0 Å². The van der Waals surface area contributed by atoms with Gasteiger partial charge in [-0.05, 0) is 25.3 Å². The molecule has 122 valence electrons. The fourth-order valence-corrected chi connectivity index (χ4v) is 2.23. The van der Waals surface area contributed by atoms with Gasteiger partial charge in [-0.2, -0.15) is 0 Å². The lowest BCUT2D eigenvalue weighted by molar-refractivity contribution is 0.0953. The van der Waals surface area contributed by atoms with E-state index >= 15 is 0 Å².